The standard InChI is InChI=1S/C29H36FN5O9P2S/c30-26-11-22(7-10-25(26)20-5-1-19(2-6-20)14-33-15-21(32)13-31)35-17-24(44-28(35)36)16-34-27(47)43-23-8-3-18(4-9-23)12-29(37,45(38)39)46(40,41)42/h1-11,13,24,33,37,40-42,45-46H,12,14-17,31-32H2,(H,34,47)(H,38,39)/b21-13-/t24-,29?/m0/s1. The van der Waals surface area contributed by atoms with Crippen molar-refractivity contribution in [2.24, 2.45) is 11.5 Å². The number of ether oxygens (including phenoxy) is 2. The molecular formula is C29H36FN5O9P2S. The maximum atomic E-state index is 15.2. The number of benzene rings is 3. The first-order valence-electron chi connectivity index (χ1n) is 14.1. The average molecular weight is 712 g/mol. The molecule has 4 rings (SSSR count). The monoisotopic (exact) mass is 711 g/mol. The molecule has 1 aliphatic rings. The molecule has 254 valence electrons. The van der Waals surface area contributed by atoms with Crippen LogP contribution in [0.2, 0.25) is 0 Å². The van der Waals surface area contributed by atoms with Crippen LogP contribution in [0.5, 0.6) is 5.75 Å². The Morgan fingerprint density at radius 1 is 1.15 bits per heavy atom. The fraction of sp³-hybridized carbons (Fsp3) is 0.241. The quantitative estimate of drug-likeness (QED) is 0.0909. The van der Waals surface area contributed by atoms with Crippen LogP contribution in [0.15, 0.2) is 78.6 Å². The van der Waals surface area contributed by atoms with Gasteiger partial charge in [-0.05, 0) is 29.3 Å². The molecule has 0 aliphatic carbocycles. The summed E-state index contributed by atoms with van der Waals surface area (Å²) in [5.74, 6) is -0.269. The van der Waals surface area contributed by atoms with Gasteiger partial charge in [-0.3, -0.25) is 4.90 Å². The van der Waals surface area contributed by atoms with Crippen LogP contribution in [0.25, 0.3) is 11.1 Å². The summed E-state index contributed by atoms with van der Waals surface area (Å²) in [6.45, 7) is 1.21. The third-order valence-corrected chi connectivity index (χ3v) is 11.3. The van der Waals surface area contributed by atoms with Crippen molar-refractivity contribution in [1.29, 1.82) is 0 Å². The van der Waals surface area contributed by atoms with Crippen LogP contribution in [0.4, 0.5) is 14.9 Å². The number of aliphatic hydroxyl groups is 1. The first-order valence-corrected chi connectivity index (χ1v) is 17.7. The topological polar surface area (TPSA) is 233 Å². The number of carbonyl (C=O) groups excluding carboxylic acids is 1. The zero-order valence-corrected chi connectivity index (χ0v) is 27.6. The Hall–Kier alpha value is -3.69. The van der Waals surface area contributed by atoms with Gasteiger partial charge in [-0.15, -0.1) is 0 Å². The Labute approximate surface area is 275 Å². The Morgan fingerprint density at radius 3 is 2.40 bits per heavy atom. The van der Waals surface area contributed by atoms with Crippen LogP contribution in [0.3, 0.4) is 0 Å². The van der Waals surface area contributed by atoms with Crippen molar-refractivity contribution < 1.29 is 47.9 Å². The summed E-state index contributed by atoms with van der Waals surface area (Å²) >= 11 is 5.19. The van der Waals surface area contributed by atoms with E-state index >= 15 is 4.39 Å². The number of nitrogens with two attached hydrogens (primary N) is 2. The van der Waals surface area contributed by atoms with Crippen molar-refractivity contribution in [3.63, 3.8) is 0 Å². The number of carbonyl (C=O) groups is 1. The summed E-state index contributed by atoms with van der Waals surface area (Å²) < 4.78 is 37.6. The molecule has 1 saturated heterocycles. The fourth-order valence-electron chi connectivity index (χ4n) is 4.61. The second-order valence-corrected chi connectivity index (χ2v) is 15.1. The van der Waals surface area contributed by atoms with E-state index in [0.717, 1.165) is 5.56 Å². The number of rotatable bonds is 13. The molecule has 1 fully saturated rings. The molecule has 47 heavy (non-hydrogen) atoms. The van der Waals surface area contributed by atoms with Crippen LogP contribution in [-0.4, -0.2) is 66.8 Å². The Morgan fingerprint density at radius 2 is 1.81 bits per heavy atom. The van der Waals surface area contributed by atoms with Crippen molar-refractivity contribution in [1.82, 2.24) is 10.6 Å². The number of hydrogen-bond acceptors (Lipinski definition) is 12. The van der Waals surface area contributed by atoms with Gasteiger partial charge >= 0.3 is 150 Å². The van der Waals surface area contributed by atoms with E-state index in [1.165, 1.54) is 41.4 Å². The normalized spacial score (nSPS) is 17.5. The van der Waals surface area contributed by atoms with Crippen molar-refractivity contribution in [3.8, 4) is 16.9 Å². The van der Waals surface area contributed by atoms with Gasteiger partial charge in [-0.25, -0.2) is 9.18 Å². The first kappa shape index (κ1) is 36.2. The molecule has 3 aromatic rings. The summed E-state index contributed by atoms with van der Waals surface area (Å²) in [4.78, 5) is 51.6. The number of nitrogens with one attached hydrogen (secondary N) is 2. The molecule has 1 aliphatic heterocycles. The average Bonchev–Trinajstić information content (AvgIpc) is 3.40. The number of amides is 1. The van der Waals surface area contributed by atoms with Gasteiger partial charge in [0.2, 0.25) is 0 Å². The summed E-state index contributed by atoms with van der Waals surface area (Å²) in [5.41, 5.74) is 14.1. The van der Waals surface area contributed by atoms with E-state index in [1.54, 1.807) is 24.3 Å². The SMILES string of the molecule is N/C=C(\N)CNCc1ccc(-c2ccc(N3C[C@H](CNC(=S)Oc4ccc(CC(O)([PH](=O)O)[PH](O)(O)O)cc4)OC3=O)cc2F)cc1. The third-order valence-electron chi connectivity index (χ3n) is 7.25. The maximum absolute atomic E-state index is 15.2. The number of thiocarbonyl (C=S) groups is 1. The van der Waals surface area contributed by atoms with Crippen molar-refractivity contribution >= 4 is 45.1 Å². The smallest absolute Gasteiger partial charge is 0.224 e. The van der Waals surface area contributed by atoms with E-state index in [0.29, 0.717) is 35.6 Å². The predicted molar refractivity (Wildman–Crippen MR) is 180 cm³/mol. The van der Waals surface area contributed by atoms with E-state index in [4.69, 9.17) is 33.2 Å². The van der Waals surface area contributed by atoms with Crippen molar-refractivity contribution in [2.45, 2.75) is 24.2 Å². The van der Waals surface area contributed by atoms with Gasteiger partial charge in [-0.1, -0.05) is 24.3 Å². The molecule has 3 aromatic carbocycles. The summed E-state index contributed by atoms with van der Waals surface area (Å²) in [5, 5.41) is 13.1. The van der Waals surface area contributed by atoms with Gasteiger partial charge in [0.25, 0.3) is 0 Å². The number of anilines is 1. The minimum absolute atomic E-state index is 0.0645. The van der Waals surface area contributed by atoms with Gasteiger partial charge in [0.05, 0.1) is 5.69 Å². The molecule has 1 heterocycles. The Balaban J connectivity index is 1.28. The molecular weight excluding hydrogens is 675 g/mol. The Bertz CT molecular complexity index is 1640. The molecule has 14 nitrogen and oxygen atoms in total. The van der Waals surface area contributed by atoms with Gasteiger partial charge < -0.3 is 16.8 Å². The van der Waals surface area contributed by atoms with E-state index in [9.17, 15) is 34.0 Å². The molecule has 2 unspecified atom stereocenters. The van der Waals surface area contributed by atoms with E-state index < -0.39 is 45.5 Å². The van der Waals surface area contributed by atoms with E-state index in [-0.39, 0.29) is 29.6 Å². The molecule has 0 bridgehead atoms. The summed E-state index contributed by atoms with van der Waals surface area (Å²) in [7, 11) is -9.30. The second-order valence-electron chi connectivity index (χ2n) is 10.7. The van der Waals surface area contributed by atoms with Crippen molar-refractivity contribution in [2.75, 3.05) is 24.5 Å². The van der Waals surface area contributed by atoms with Gasteiger partial charge in [0.1, 0.15) is 5.82 Å². The van der Waals surface area contributed by atoms with Crippen molar-refractivity contribution in [3.05, 3.63) is 95.6 Å². The molecule has 0 radical (unpaired) electrons. The molecule has 1 amide bonds. The predicted octanol–water partition coefficient (Wildman–Crippen LogP) is 1.75. The van der Waals surface area contributed by atoms with E-state index in [1.807, 2.05) is 12.1 Å². The number of nitrogens with zero attached hydrogens (tertiary/aromatic N) is 1. The minimum Gasteiger partial charge on any atom is -0.224 e. The molecule has 11 N–H and O–H groups in total. The third kappa shape index (κ3) is 9.23. The number of hydrogen-bond donors (Lipinski definition) is 9. The zero-order chi connectivity index (χ0) is 34.4. The van der Waals surface area contributed by atoms with Crippen LogP contribution in [0, 0.1) is 5.82 Å². The molecule has 0 saturated carbocycles. The molecule has 18 heteroatoms. The van der Waals surface area contributed by atoms with Crippen LogP contribution < -0.4 is 31.7 Å². The van der Waals surface area contributed by atoms with Gasteiger partial charge in [-0.2, -0.15) is 0 Å². The van der Waals surface area contributed by atoms with Gasteiger partial charge in [0, 0.05) is 30.5 Å². The minimum atomic E-state index is -5.37. The Kier molecular flexibility index (Phi) is 11.9. The summed E-state index contributed by atoms with van der Waals surface area (Å²) in [6.07, 6.45) is -0.642. The molecule has 3 atom stereocenters. The van der Waals surface area contributed by atoms with Crippen LogP contribution in [0.1, 0.15) is 11.1 Å². The van der Waals surface area contributed by atoms with Crippen LogP contribution >= 0.6 is 28.2 Å². The summed E-state index contributed by atoms with van der Waals surface area (Å²) in [6, 6.07) is 17.4. The molecule has 0 aromatic heterocycles. The first-order chi connectivity index (χ1) is 22.2. The molecule has 0 spiro atoms. The second kappa shape index (κ2) is 15.5. The van der Waals surface area contributed by atoms with Gasteiger partial charge in [0.15, 0.2) is 0 Å². The zero-order valence-electron chi connectivity index (χ0n) is 24.8. The van der Waals surface area contributed by atoms with Crippen LogP contribution in [-0.2, 0) is 22.3 Å². The fourth-order valence-corrected chi connectivity index (χ4v) is 6.73. The number of cyclic esters (lactones) is 1. The number of halogens is 1. The van der Waals surface area contributed by atoms with E-state index in [2.05, 4.69) is 10.6 Å².